The van der Waals surface area contributed by atoms with Gasteiger partial charge in [0.2, 0.25) is 0 Å². The standard InChI is InChI=1S/C16H28O/c1-2-3-4-5-6-7-8-9-10-11-12-13-14-15-16-17/h3-4,17H,2,7-16H2,1H3/b4-3+/i16T. The minimum Gasteiger partial charge on any atom is -0.396 e. The molecule has 1 atom stereocenters. The highest BCUT2D eigenvalue weighted by molar-refractivity contribution is 5.14. The Labute approximate surface area is 109 Å². The molecule has 0 aliphatic carbocycles. The Hall–Kier alpha value is -0.740. The largest absolute Gasteiger partial charge is 0.396 e. The fourth-order valence-electron chi connectivity index (χ4n) is 1.64. The van der Waals surface area contributed by atoms with Crippen LogP contribution < -0.4 is 0 Å². The van der Waals surface area contributed by atoms with E-state index in [2.05, 4.69) is 24.8 Å². The monoisotopic (exact) mass is 238 g/mol. The molecule has 0 aromatic carbocycles. The number of aliphatic hydroxyl groups excluding tert-OH is 1. The van der Waals surface area contributed by atoms with Crippen LogP contribution in [-0.4, -0.2) is 11.7 Å². The first-order valence-electron chi connectivity index (χ1n) is 7.58. The van der Waals surface area contributed by atoms with E-state index >= 15 is 0 Å². The molecule has 0 aliphatic heterocycles. The zero-order valence-corrected chi connectivity index (χ0v) is 11.3. The predicted octanol–water partition coefficient (Wildman–Crippen LogP) is 4.46. The summed E-state index contributed by atoms with van der Waals surface area (Å²) in [6.07, 6.45) is 15.1. The summed E-state index contributed by atoms with van der Waals surface area (Å²) in [7, 11) is 0. The molecule has 0 bridgehead atoms. The summed E-state index contributed by atoms with van der Waals surface area (Å²) in [4.78, 5) is 0. The first-order chi connectivity index (χ1) is 8.77. The van der Waals surface area contributed by atoms with E-state index in [1.165, 1.54) is 32.1 Å². The van der Waals surface area contributed by atoms with Crippen molar-refractivity contribution in [2.24, 2.45) is 0 Å². The highest BCUT2D eigenvalue weighted by Crippen LogP contribution is 2.09. The van der Waals surface area contributed by atoms with E-state index in [0.717, 1.165) is 25.7 Å². The predicted molar refractivity (Wildman–Crippen MR) is 75.8 cm³/mol. The van der Waals surface area contributed by atoms with E-state index in [9.17, 15) is 0 Å². The zero-order chi connectivity index (χ0) is 13.5. The van der Waals surface area contributed by atoms with Gasteiger partial charge in [-0.2, -0.15) is 0 Å². The molecule has 1 N–H and O–H groups in total. The molecule has 0 rings (SSSR count). The molecule has 1 heteroatoms. The average molecular weight is 238 g/mol. The van der Waals surface area contributed by atoms with Crippen molar-refractivity contribution in [1.29, 1.82) is 0 Å². The second-order valence-corrected chi connectivity index (χ2v) is 4.33. The highest BCUT2D eigenvalue weighted by Gasteiger charge is 1.91. The van der Waals surface area contributed by atoms with Gasteiger partial charge in [-0.05, 0) is 25.3 Å². The fraction of sp³-hybridized carbons (Fsp3) is 0.750. The SMILES string of the molecule is [3H]C(O)CCCCCCCCCC#C/C=C/CC. The van der Waals surface area contributed by atoms with E-state index in [1.54, 1.807) is 0 Å². The fourth-order valence-corrected chi connectivity index (χ4v) is 1.64. The Morgan fingerprint density at radius 3 is 2.18 bits per heavy atom. The van der Waals surface area contributed by atoms with E-state index in [0.29, 0.717) is 6.42 Å². The average Bonchev–Trinajstić information content (AvgIpc) is 2.34. The molecular formula is C16H28O. The molecule has 17 heavy (non-hydrogen) atoms. The second kappa shape index (κ2) is 15.3. The quantitative estimate of drug-likeness (QED) is 0.440. The second-order valence-electron chi connectivity index (χ2n) is 4.33. The van der Waals surface area contributed by atoms with Crippen molar-refractivity contribution in [3.63, 3.8) is 0 Å². The maximum atomic E-state index is 8.78. The molecular weight excluding hydrogens is 208 g/mol. The molecule has 0 heterocycles. The normalized spacial score (nSPS) is 13.2. The molecule has 0 aromatic rings. The number of unbranched alkanes of at least 4 members (excludes halogenated alkanes) is 7. The lowest BCUT2D eigenvalue weighted by molar-refractivity contribution is 0.282. The Bertz CT molecular complexity index is 248. The topological polar surface area (TPSA) is 20.2 Å². The molecule has 0 saturated heterocycles. The Balaban J connectivity index is 3.11. The number of rotatable bonds is 10. The van der Waals surface area contributed by atoms with E-state index < -0.39 is 6.58 Å². The molecule has 0 fully saturated rings. The summed E-state index contributed by atoms with van der Waals surface area (Å²) in [5, 5.41) is 8.78. The molecule has 0 saturated carbocycles. The molecule has 0 amide bonds. The van der Waals surface area contributed by atoms with Gasteiger partial charge in [0.05, 0.1) is 1.37 Å². The van der Waals surface area contributed by atoms with Gasteiger partial charge in [0.15, 0.2) is 0 Å². The number of hydrogen-bond acceptors (Lipinski definition) is 1. The van der Waals surface area contributed by atoms with E-state index in [4.69, 9.17) is 6.48 Å². The first kappa shape index (κ1) is 14.3. The number of aliphatic hydroxyl groups is 1. The van der Waals surface area contributed by atoms with Crippen LogP contribution in [0.3, 0.4) is 0 Å². The molecule has 98 valence electrons. The van der Waals surface area contributed by atoms with Crippen LogP contribution in [0.15, 0.2) is 12.2 Å². The van der Waals surface area contributed by atoms with Crippen molar-refractivity contribution >= 4 is 0 Å². The van der Waals surface area contributed by atoms with Gasteiger partial charge in [-0.1, -0.05) is 63.4 Å². The maximum absolute atomic E-state index is 8.78. The summed E-state index contributed by atoms with van der Waals surface area (Å²) in [5.74, 6) is 6.20. The Kier molecular flexibility index (Phi) is 12.9. The number of hydrogen-bond donors (Lipinski definition) is 1. The lowest BCUT2D eigenvalue weighted by Gasteiger charge is -1.99. The lowest BCUT2D eigenvalue weighted by atomic mass is 10.1. The van der Waals surface area contributed by atoms with Crippen molar-refractivity contribution in [3.8, 4) is 11.8 Å². The molecule has 1 unspecified atom stereocenters. The smallest absolute Gasteiger partial charge is 0.0564 e. The van der Waals surface area contributed by atoms with Gasteiger partial charge in [-0.15, -0.1) is 0 Å². The Morgan fingerprint density at radius 1 is 1.00 bits per heavy atom. The third-order valence-electron chi connectivity index (χ3n) is 2.67. The van der Waals surface area contributed by atoms with Gasteiger partial charge >= 0.3 is 0 Å². The summed E-state index contributed by atoms with van der Waals surface area (Å²) in [6, 6.07) is 0. The van der Waals surface area contributed by atoms with E-state index in [-0.39, 0.29) is 0 Å². The van der Waals surface area contributed by atoms with Gasteiger partial charge in [0.25, 0.3) is 0 Å². The van der Waals surface area contributed by atoms with Crippen LogP contribution in [0.2, 0.25) is 0 Å². The first-order valence-corrected chi connectivity index (χ1v) is 7.01. The molecule has 0 aromatic heterocycles. The minimum absolute atomic E-state index is 0.626. The van der Waals surface area contributed by atoms with Crippen molar-refractivity contribution in [2.45, 2.75) is 71.1 Å². The van der Waals surface area contributed by atoms with Crippen LogP contribution in [0.5, 0.6) is 0 Å². The van der Waals surface area contributed by atoms with E-state index in [1.807, 2.05) is 6.08 Å². The van der Waals surface area contributed by atoms with Crippen LogP contribution in [-0.2, 0) is 0 Å². The van der Waals surface area contributed by atoms with Crippen LogP contribution in [0.1, 0.15) is 72.5 Å². The third-order valence-corrected chi connectivity index (χ3v) is 2.67. The van der Waals surface area contributed by atoms with Gasteiger partial charge in [-0.25, -0.2) is 0 Å². The molecule has 1 nitrogen and oxygen atoms in total. The van der Waals surface area contributed by atoms with Crippen molar-refractivity contribution in [2.75, 3.05) is 6.58 Å². The zero-order valence-electron chi connectivity index (χ0n) is 12.3. The summed E-state index contributed by atoms with van der Waals surface area (Å²) >= 11 is 0. The Morgan fingerprint density at radius 2 is 1.59 bits per heavy atom. The van der Waals surface area contributed by atoms with Crippen LogP contribution in [0, 0.1) is 11.8 Å². The summed E-state index contributed by atoms with van der Waals surface area (Å²) in [5.41, 5.74) is 0. The van der Waals surface area contributed by atoms with Gasteiger partial charge < -0.3 is 5.11 Å². The van der Waals surface area contributed by atoms with Crippen LogP contribution >= 0.6 is 0 Å². The van der Waals surface area contributed by atoms with Gasteiger partial charge in [-0.3, -0.25) is 0 Å². The van der Waals surface area contributed by atoms with Crippen LogP contribution in [0.4, 0.5) is 0 Å². The third kappa shape index (κ3) is 15.3. The summed E-state index contributed by atoms with van der Waals surface area (Å²) in [6.45, 7) is 1.24. The van der Waals surface area contributed by atoms with Crippen molar-refractivity contribution in [1.82, 2.24) is 0 Å². The summed E-state index contributed by atoms with van der Waals surface area (Å²) < 4.78 is 6.97. The molecule has 0 spiro atoms. The minimum atomic E-state index is -0.870. The van der Waals surface area contributed by atoms with Crippen LogP contribution in [0.25, 0.3) is 0 Å². The van der Waals surface area contributed by atoms with Crippen molar-refractivity contribution < 1.29 is 6.48 Å². The van der Waals surface area contributed by atoms with Crippen molar-refractivity contribution in [3.05, 3.63) is 12.2 Å². The molecule has 0 aliphatic rings. The molecule has 0 radical (unpaired) electrons. The van der Waals surface area contributed by atoms with Gasteiger partial charge in [0.1, 0.15) is 0 Å². The maximum Gasteiger partial charge on any atom is 0.0564 e. The van der Waals surface area contributed by atoms with Gasteiger partial charge in [0, 0.05) is 13.0 Å². The lowest BCUT2D eigenvalue weighted by Crippen LogP contribution is -1.84. The number of allylic oxidation sites excluding steroid dienone is 2. The highest BCUT2D eigenvalue weighted by atomic mass is 16.2.